The molecule has 92 valence electrons. The number of hydrogen-bond acceptors (Lipinski definition) is 3. The summed E-state index contributed by atoms with van der Waals surface area (Å²) in [5, 5.41) is 7.25. The number of nitrogens with one attached hydrogen (secondary N) is 1. The summed E-state index contributed by atoms with van der Waals surface area (Å²) in [6.45, 7) is 8.57. The second-order valence-electron chi connectivity index (χ2n) is 4.98. The molecule has 0 saturated carbocycles. The van der Waals surface area contributed by atoms with Gasteiger partial charge in [-0.2, -0.15) is 5.10 Å². The number of thiophene rings is 1. The SMILES string of the molecule is CCc1ccc(-c2n[nH]c(=S)n2C(C)(C)C)s1. The lowest BCUT2D eigenvalue weighted by molar-refractivity contribution is 0.396. The smallest absolute Gasteiger partial charge is 0.195 e. The minimum absolute atomic E-state index is 0.0597. The van der Waals surface area contributed by atoms with E-state index in [1.807, 2.05) is 0 Å². The summed E-state index contributed by atoms with van der Waals surface area (Å²) in [5.74, 6) is 0.937. The summed E-state index contributed by atoms with van der Waals surface area (Å²) in [4.78, 5) is 2.54. The Kier molecular flexibility index (Phi) is 3.23. The topological polar surface area (TPSA) is 33.6 Å². The monoisotopic (exact) mass is 267 g/mol. The Morgan fingerprint density at radius 1 is 1.41 bits per heavy atom. The third-order valence-corrected chi connectivity index (χ3v) is 4.07. The van der Waals surface area contributed by atoms with Gasteiger partial charge in [-0.1, -0.05) is 6.92 Å². The van der Waals surface area contributed by atoms with E-state index < -0.39 is 0 Å². The van der Waals surface area contributed by atoms with Crippen LogP contribution in [0.25, 0.3) is 10.7 Å². The van der Waals surface area contributed by atoms with E-state index in [1.54, 1.807) is 11.3 Å². The standard InChI is InChI=1S/C12H17N3S2/c1-5-8-6-7-9(17-8)10-13-14-11(16)15(10)12(2,3)4/h6-7H,5H2,1-4H3,(H,14,16). The largest absolute Gasteiger partial charge is 0.294 e. The molecule has 2 heterocycles. The molecule has 3 nitrogen and oxygen atoms in total. The number of rotatable bonds is 2. The van der Waals surface area contributed by atoms with Gasteiger partial charge in [0.15, 0.2) is 10.6 Å². The molecule has 0 atom stereocenters. The lowest BCUT2D eigenvalue weighted by Crippen LogP contribution is -2.22. The number of H-pyrrole nitrogens is 1. The van der Waals surface area contributed by atoms with E-state index in [0.29, 0.717) is 4.77 Å². The van der Waals surface area contributed by atoms with Crippen LogP contribution in [0, 0.1) is 4.77 Å². The average molecular weight is 267 g/mol. The van der Waals surface area contributed by atoms with Crippen LogP contribution in [-0.2, 0) is 12.0 Å². The third kappa shape index (κ3) is 2.35. The molecule has 0 spiro atoms. The van der Waals surface area contributed by atoms with Crippen LogP contribution in [0.1, 0.15) is 32.6 Å². The van der Waals surface area contributed by atoms with Crippen molar-refractivity contribution in [1.82, 2.24) is 14.8 Å². The fourth-order valence-corrected chi connectivity index (χ4v) is 3.11. The Hall–Kier alpha value is -0.940. The Balaban J connectivity index is 2.57. The predicted molar refractivity (Wildman–Crippen MR) is 75.1 cm³/mol. The van der Waals surface area contributed by atoms with Crippen molar-refractivity contribution in [1.29, 1.82) is 0 Å². The first-order chi connectivity index (χ1) is 7.93. The Labute approximate surface area is 111 Å². The van der Waals surface area contributed by atoms with E-state index >= 15 is 0 Å². The molecule has 0 bridgehead atoms. The van der Waals surface area contributed by atoms with Crippen molar-refractivity contribution in [3.63, 3.8) is 0 Å². The van der Waals surface area contributed by atoms with Gasteiger partial charge in [0.25, 0.3) is 0 Å². The van der Waals surface area contributed by atoms with E-state index in [4.69, 9.17) is 12.2 Å². The summed E-state index contributed by atoms with van der Waals surface area (Å²) in [5.41, 5.74) is -0.0597. The van der Waals surface area contributed by atoms with E-state index in [0.717, 1.165) is 12.2 Å². The van der Waals surface area contributed by atoms with E-state index in [9.17, 15) is 0 Å². The normalized spacial score (nSPS) is 12.0. The molecule has 0 aliphatic carbocycles. The molecule has 2 aromatic heterocycles. The molecule has 0 radical (unpaired) electrons. The van der Waals surface area contributed by atoms with Crippen LogP contribution in [0.5, 0.6) is 0 Å². The van der Waals surface area contributed by atoms with E-state index in [1.165, 1.54) is 9.75 Å². The molecule has 1 N–H and O–H groups in total. The van der Waals surface area contributed by atoms with Gasteiger partial charge in [0.1, 0.15) is 0 Å². The molecule has 0 unspecified atom stereocenters. The minimum atomic E-state index is -0.0597. The lowest BCUT2D eigenvalue weighted by Gasteiger charge is -2.21. The molecule has 0 saturated heterocycles. The number of hydrogen-bond donors (Lipinski definition) is 1. The zero-order valence-corrected chi connectivity index (χ0v) is 12.2. The summed E-state index contributed by atoms with van der Waals surface area (Å²) in [6, 6.07) is 4.28. The maximum Gasteiger partial charge on any atom is 0.195 e. The van der Waals surface area contributed by atoms with Crippen molar-refractivity contribution in [2.75, 3.05) is 0 Å². The van der Waals surface area contributed by atoms with E-state index in [2.05, 4.69) is 54.6 Å². The van der Waals surface area contributed by atoms with Gasteiger partial charge in [-0.15, -0.1) is 11.3 Å². The Morgan fingerprint density at radius 2 is 2.12 bits per heavy atom. The molecule has 2 aromatic rings. The maximum atomic E-state index is 5.31. The minimum Gasteiger partial charge on any atom is -0.294 e. The second kappa shape index (κ2) is 4.38. The number of aromatic amines is 1. The van der Waals surface area contributed by atoms with Crippen LogP contribution in [-0.4, -0.2) is 14.8 Å². The summed E-state index contributed by atoms with van der Waals surface area (Å²) >= 11 is 7.09. The van der Waals surface area contributed by atoms with Gasteiger partial charge >= 0.3 is 0 Å². The van der Waals surface area contributed by atoms with Crippen molar-refractivity contribution in [3.05, 3.63) is 21.8 Å². The van der Waals surface area contributed by atoms with Gasteiger partial charge in [-0.05, 0) is 51.5 Å². The maximum absolute atomic E-state index is 5.31. The molecule has 0 aliphatic rings. The van der Waals surface area contributed by atoms with Crippen molar-refractivity contribution in [2.24, 2.45) is 0 Å². The van der Waals surface area contributed by atoms with Crippen LogP contribution in [0.2, 0.25) is 0 Å². The average Bonchev–Trinajstić information content (AvgIpc) is 2.81. The first-order valence-corrected chi connectivity index (χ1v) is 6.93. The highest BCUT2D eigenvalue weighted by molar-refractivity contribution is 7.71. The van der Waals surface area contributed by atoms with Crippen LogP contribution >= 0.6 is 23.6 Å². The van der Waals surface area contributed by atoms with Crippen LogP contribution in [0.3, 0.4) is 0 Å². The Morgan fingerprint density at radius 3 is 2.65 bits per heavy atom. The highest BCUT2D eigenvalue weighted by atomic mass is 32.1. The quantitative estimate of drug-likeness (QED) is 0.835. The number of aryl methyl sites for hydroxylation is 1. The van der Waals surface area contributed by atoms with Gasteiger partial charge < -0.3 is 0 Å². The second-order valence-corrected chi connectivity index (χ2v) is 6.53. The molecular formula is C12H17N3S2. The van der Waals surface area contributed by atoms with E-state index in [-0.39, 0.29) is 5.54 Å². The zero-order chi connectivity index (χ0) is 12.6. The fourth-order valence-electron chi connectivity index (χ4n) is 1.77. The molecule has 2 rings (SSSR count). The van der Waals surface area contributed by atoms with Crippen molar-refractivity contribution < 1.29 is 0 Å². The molecule has 0 aliphatic heterocycles. The van der Waals surface area contributed by atoms with Crippen molar-refractivity contribution in [3.8, 4) is 10.7 Å². The van der Waals surface area contributed by atoms with Gasteiger partial charge in [-0.3, -0.25) is 9.67 Å². The number of aromatic nitrogens is 3. The molecule has 5 heteroatoms. The van der Waals surface area contributed by atoms with Gasteiger partial charge in [0.05, 0.1) is 4.88 Å². The van der Waals surface area contributed by atoms with Crippen LogP contribution in [0.4, 0.5) is 0 Å². The summed E-state index contributed by atoms with van der Waals surface area (Å²) in [7, 11) is 0. The molecule has 0 aromatic carbocycles. The van der Waals surface area contributed by atoms with Crippen LogP contribution in [0.15, 0.2) is 12.1 Å². The molecule has 0 fully saturated rings. The highest BCUT2D eigenvalue weighted by Gasteiger charge is 2.21. The first kappa shape index (κ1) is 12.5. The Bertz CT molecular complexity index is 569. The molecular weight excluding hydrogens is 250 g/mol. The summed E-state index contributed by atoms with van der Waals surface area (Å²) in [6.07, 6.45) is 1.06. The molecule has 0 amide bonds. The number of nitrogens with zero attached hydrogens (tertiary/aromatic N) is 2. The van der Waals surface area contributed by atoms with Gasteiger partial charge in [0.2, 0.25) is 0 Å². The van der Waals surface area contributed by atoms with Gasteiger partial charge in [0, 0.05) is 10.4 Å². The first-order valence-electron chi connectivity index (χ1n) is 5.70. The summed E-state index contributed by atoms with van der Waals surface area (Å²) < 4.78 is 2.76. The highest BCUT2D eigenvalue weighted by Crippen LogP contribution is 2.30. The lowest BCUT2D eigenvalue weighted by atomic mass is 10.1. The zero-order valence-electron chi connectivity index (χ0n) is 10.6. The predicted octanol–water partition coefficient (Wildman–Crippen LogP) is 3.99. The van der Waals surface area contributed by atoms with Crippen molar-refractivity contribution >= 4 is 23.6 Å². The van der Waals surface area contributed by atoms with Crippen molar-refractivity contribution in [2.45, 2.75) is 39.7 Å². The van der Waals surface area contributed by atoms with Crippen LogP contribution < -0.4 is 0 Å². The third-order valence-electron chi connectivity index (χ3n) is 2.57. The molecule has 17 heavy (non-hydrogen) atoms. The van der Waals surface area contributed by atoms with Gasteiger partial charge in [-0.25, -0.2) is 0 Å². The fraction of sp³-hybridized carbons (Fsp3) is 0.500.